The number of aryl methyl sites for hydroxylation is 1. The molecule has 2 rings (SSSR count). The van der Waals surface area contributed by atoms with E-state index in [1.807, 2.05) is 19.1 Å². The zero-order valence-electron chi connectivity index (χ0n) is 13.2. The number of nitriles is 1. The fourth-order valence-corrected chi connectivity index (χ4v) is 2.91. The van der Waals surface area contributed by atoms with Crippen molar-refractivity contribution in [3.8, 4) is 6.07 Å². The van der Waals surface area contributed by atoms with Gasteiger partial charge in [0.15, 0.2) is 5.78 Å². The number of carbonyl (C=O) groups excluding carboxylic acids is 1. The Labute approximate surface area is 134 Å². The molecule has 1 heterocycles. The van der Waals surface area contributed by atoms with Crippen LogP contribution in [0.25, 0.3) is 6.08 Å². The Morgan fingerprint density at radius 3 is 2.41 bits per heavy atom. The zero-order chi connectivity index (χ0) is 16.3. The van der Waals surface area contributed by atoms with Gasteiger partial charge in [0.2, 0.25) is 0 Å². The van der Waals surface area contributed by atoms with Crippen LogP contribution >= 0.6 is 11.3 Å². The summed E-state index contributed by atoms with van der Waals surface area (Å²) >= 11 is 1.46. The second-order valence-corrected chi connectivity index (χ2v) is 7.11. The lowest BCUT2D eigenvalue weighted by Crippen LogP contribution is -2.10. The molecule has 0 bridgehead atoms. The van der Waals surface area contributed by atoms with Crippen molar-refractivity contribution in [2.45, 2.75) is 33.1 Å². The molecule has 0 saturated heterocycles. The number of carbonyl (C=O) groups is 1. The number of thiazole rings is 1. The van der Waals surface area contributed by atoms with E-state index in [4.69, 9.17) is 5.26 Å². The van der Waals surface area contributed by atoms with Gasteiger partial charge in [0.25, 0.3) is 0 Å². The SMILES string of the molecule is Cc1nc(C(C)(C)C)sc1C(=O)/C=C/c1ccc(C#N)cc1. The van der Waals surface area contributed by atoms with Crippen LogP contribution in [0.5, 0.6) is 0 Å². The molecular weight excluding hydrogens is 292 g/mol. The standard InChI is InChI=1S/C18H18N2OS/c1-12-16(22-17(20-12)18(2,3)4)15(21)10-9-13-5-7-14(11-19)8-6-13/h5-10H,1-4H3/b10-9+. The molecule has 4 heteroatoms. The molecule has 112 valence electrons. The van der Waals surface area contributed by atoms with Crippen molar-refractivity contribution in [2.24, 2.45) is 0 Å². The third-order valence-electron chi connectivity index (χ3n) is 3.13. The van der Waals surface area contributed by atoms with E-state index in [0.29, 0.717) is 10.4 Å². The van der Waals surface area contributed by atoms with E-state index in [-0.39, 0.29) is 11.2 Å². The second-order valence-electron chi connectivity index (χ2n) is 6.11. The largest absolute Gasteiger partial charge is 0.288 e. The first-order valence-corrected chi connectivity index (χ1v) is 7.83. The minimum atomic E-state index is -0.0508. The first-order chi connectivity index (χ1) is 10.3. The molecule has 0 amide bonds. The van der Waals surface area contributed by atoms with Gasteiger partial charge in [-0.2, -0.15) is 5.26 Å². The molecule has 0 fully saturated rings. The molecule has 0 unspecified atom stereocenters. The maximum atomic E-state index is 12.3. The summed E-state index contributed by atoms with van der Waals surface area (Å²) in [5, 5.41) is 9.74. The van der Waals surface area contributed by atoms with Crippen LogP contribution < -0.4 is 0 Å². The molecule has 0 aliphatic heterocycles. The predicted octanol–water partition coefficient (Wildman–Crippen LogP) is 4.52. The summed E-state index contributed by atoms with van der Waals surface area (Å²) in [5.41, 5.74) is 2.23. The summed E-state index contributed by atoms with van der Waals surface area (Å²) < 4.78 is 0. The van der Waals surface area contributed by atoms with Crippen molar-refractivity contribution in [3.63, 3.8) is 0 Å². The normalized spacial score (nSPS) is 11.6. The van der Waals surface area contributed by atoms with Gasteiger partial charge >= 0.3 is 0 Å². The summed E-state index contributed by atoms with van der Waals surface area (Å²) in [5.74, 6) is -0.0325. The highest BCUT2D eigenvalue weighted by atomic mass is 32.1. The van der Waals surface area contributed by atoms with Crippen molar-refractivity contribution in [3.05, 3.63) is 57.0 Å². The molecule has 0 N–H and O–H groups in total. The second kappa shape index (κ2) is 6.25. The van der Waals surface area contributed by atoms with Gasteiger partial charge in [-0.05, 0) is 30.7 Å². The first kappa shape index (κ1) is 16.1. The van der Waals surface area contributed by atoms with Crippen LogP contribution in [0.15, 0.2) is 30.3 Å². The van der Waals surface area contributed by atoms with Crippen LogP contribution in [0, 0.1) is 18.3 Å². The number of allylic oxidation sites excluding steroid dienone is 1. The maximum absolute atomic E-state index is 12.3. The topological polar surface area (TPSA) is 53.8 Å². The lowest BCUT2D eigenvalue weighted by Gasteiger charge is -2.13. The Morgan fingerprint density at radius 2 is 1.91 bits per heavy atom. The van der Waals surface area contributed by atoms with Gasteiger partial charge < -0.3 is 0 Å². The molecular formula is C18H18N2OS. The Balaban J connectivity index is 2.20. The molecule has 0 aliphatic carbocycles. The molecule has 1 aromatic heterocycles. The maximum Gasteiger partial charge on any atom is 0.197 e. The minimum absolute atomic E-state index is 0.0325. The van der Waals surface area contributed by atoms with Crippen molar-refractivity contribution in [2.75, 3.05) is 0 Å². The minimum Gasteiger partial charge on any atom is -0.288 e. The van der Waals surface area contributed by atoms with Crippen molar-refractivity contribution in [1.82, 2.24) is 4.98 Å². The van der Waals surface area contributed by atoms with Crippen LogP contribution in [0.3, 0.4) is 0 Å². The average Bonchev–Trinajstić information content (AvgIpc) is 2.87. The van der Waals surface area contributed by atoms with Gasteiger partial charge in [0, 0.05) is 5.41 Å². The van der Waals surface area contributed by atoms with Crippen molar-refractivity contribution in [1.29, 1.82) is 5.26 Å². The number of rotatable bonds is 3. The van der Waals surface area contributed by atoms with Gasteiger partial charge in [-0.1, -0.05) is 39.0 Å². The zero-order valence-corrected chi connectivity index (χ0v) is 14.0. The van der Waals surface area contributed by atoms with E-state index in [0.717, 1.165) is 16.3 Å². The summed E-state index contributed by atoms with van der Waals surface area (Å²) in [7, 11) is 0. The summed E-state index contributed by atoms with van der Waals surface area (Å²) in [6.07, 6.45) is 3.33. The molecule has 2 aromatic rings. The van der Waals surface area contributed by atoms with E-state index in [9.17, 15) is 4.79 Å². The Morgan fingerprint density at radius 1 is 1.27 bits per heavy atom. The molecule has 0 aliphatic rings. The highest BCUT2D eigenvalue weighted by Gasteiger charge is 2.22. The van der Waals surface area contributed by atoms with Crippen molar-refractivity contribution >= 4 is 23.2 Å². The predicted molar refractivity (Wildman–Crippen MR) is 90.1 cm³/mol. The Kier molecular flexibility index (Phi) is 4.58. The third kappa shape index (κ3) is 3.69. The first-order valence-electron chi connectivity index (χ1n) is 7.02. The van der Waals surface area contributed by atoms with Crippen LogP contribution in [-0.2, 0) is 5.41 Å². The van der Waals surface area contributed by atoms with Gasteiger partial charge in [0.05, 0.1) is 27.2 Å². The van der Waals surface area contributed by atoms with E-state index in [1.54, 1.807) is 24.3 Å². The highest BCUT2D eigenvalue weighted by Crippen LogP contribution is 2.29. The van der Waals surface area contributed by atoms with Crippen LogP contribution in [-0.4, -0.2) is 10.8 Å². The number of hydrogen-bond acceptors (Lipinski definition) is 4. The van der Waals surface area contributed by atoms with E-state index < -0.39 is 0 Å². The monoisotopic (exact) mass is 310 g/mol. The van der Waals surface area contributed by atoms with E-state index in [2.05, 4.69) is 31.8 Å². The van der Waals surface area contributed by atoms with Gasteiger partial charge in [0.1, 0.15) is 0 Å². The molecule has 0 radical (unpaired) electrons. The number of nitrogens with zero attached hydrogens (tertiary/aromatic N) is 2. The van der Waals surface area contributed by atoms with E-state index >= 15 is 0 Å². The fourth-order valence-electron chi connectivity index (χ4n) is 1.86. The molecule has 0 spiro atoms. The summed E-state index contributed by atoms with van der Waals surface area (Å²) in [6, 6.07) is 9.19. The third-order valence-corrected chi connectivity index (χ3v) is 4.73. The molecule has 0 atom stereocenters. The smallest absolute Gasteiger partial charge is 0.197 e. The Hall–Kier alpha value is -2.25. The Bertz CT molecular complexity index is 756. The van der Waals surface area contributed by atoms with Gasteiger partial charge in [-0.3, -0.25) is 4.79 Å². The number of ketones is 1. The van der Waals surface area contributed by atoms with Crippen LogP contribution in [0.1, 0.15) is 52.3 Å². The van der Waals surface area contributed by atoms with Crippen molar-refractivity contribution < 1.29 is 4.79 Å². The number of benzene rings is 1. The van der Waals surface area contributed by atoms with Gasteiger partial charge in [-0.25, -0.2) is 4.98 Å². The summed E-state index contributed by atoms with van der Waals surface area (Å²) in [4.78, 5) is 17.5. The molecule has 3 nitrogen and oxygen atoms in total. The number of hydrogen-bond donors (Lipinski definition) is 0. The molecule has 22 heavy (non-hydrogen) atoms. The highest BCUT2D eigenvalue weighted by molar-refractivity contribution is 7.14. The summed E-state index contributed by atoms with van der Waals surface area (Å²) in [6.45, 7) is 8.14. The number of aromatic nitrogens is 1. The van der Waals surface area contributed by atoms with Crippen LogP contribution in [0.2, 0.25) is 0 Å². The van der Waals surface area contributed by atoms with Crippen LogP contribution in [0.4, 0.5) is 0 Å². The fraction of sp³-hybridized carbons (Fsp3) is 0.278. The quantitative estimate of drug-likeness (QED) is 0.619. The lowest BCUT2D eigenvalue weighted by molar-refractivity contribution is 0.105. The van der Waals surface area contributed by atoms with E-state index in [1.165, 1.54) is 11.3 Å². The average molecular weight is 310 g/mol. The molecule has 0 saturated carbocycles. The van der Waals surface area contributed by atoms with Gasteiger partial charge in [-0.15, -0.1) is 11.3 Å². The molecule has 1 aromatic carbocycles. The lowest BCUT2D eigenvalue weighted by atomic mass is 9.98.